The SMILES string of the molecule is O=C(NC1CCC1)C(=O)c1c(Cl)n(Cc2ccc(Cl)cc2Cl)c2ccc(O)cc12. The van der Waals surface area contributed by atoms with Crippen molar-refractivity contribution in [1.29, 1.82) is 0 Å². The van der Waals surface area contributed by atoms with Crippen LogP contribution in [-0.2, 0) is 11.3 Å². The number of benzene rings is 2. The molecule has 2 aromatic carbocycles. The van der Waals surface area contributed by atoms with Gasteiger partial charge in [-0.2, -0.15) is 0 Å². The number of phenolic OH excluding ortho intramolecular Hbond substituents is 1. The van der Waals surface area contributed by atoms with Crippen molar-refractivity contribution in [2.75, 3.05) is 0 Å². The van der Waals surface area contributed by atoms with Gasteiger partial charge in [0.1, 0.15) is 10.9 Å². The maximum absolute atomic E-state index is 12.9. The van der Waals surface area contributed by atoms with Crippen molar-refractivity contribution in [1.82, 2.24) is 9.88 Å². The molecule has 5 nitrogen and oxygen atoms in total. The second-order valence-corrected chi connectivity index (χ2v) is 8.32. The van der Waals surface area contributed by atoms with Crippen LogP contribution in [0.15, 0.2) is 36.4 Å². The first-order valence-electron chi connectivity index (χ1n) is 9.15. The van der Waals surface area contributed by atoms with Gasteiger partial charge in [-0.3, -0.25) is 9.59 Å². The molecule has 0 aliphatic heterocycles. The predicted octanol–water partition coefficient (Wildman–Crippen LogP) is 5.21. The van der Waals surface area contributed by atoms with Crippen LogP contribution in [0.5, 0.6) is 5.75 Å². The Kier molecular flexibility index (Phi) is 5.47. The Labute approximate surface area is 182 Å². The first kappa shape index (κ1) is 20.1. The van der Waals surface area contributed by atoms with Crippen LogP contribution in [0.25, 0.3) is 10.9 Å². The van der Waals surface area contributed by atoms with E-state index in [2.05, 4.69) is 5.32 Å². The molecule has 1 heterocycles. The lowest BCUT2D eigenvalue weighted by Gasteiger charge is -2.25. The van der Waals surface area contributed by atoms with Crippen LogP contribution in [0.4, 0.5) is 0 Å². The summed E-state index contributed by atoms with van der Waals surface area (Å²) in [4.78, 5) is 25.4. The van der Waals surface area contributed by atoms with E-state index in [1.54, 1.807) is 28.8 Å². The lowest BCUT2D eigenvalue weighted by atomic mass is 9.93. The summed E-state index contributed by atoms with van der Waals surface area (Å²) in [6.07, 6.45) is 2.77. The van der Waals surface area contributed by atoms with Gasteiger partial charge in [0.25, 0.3) is 11.7 Å². The van der Waals surface area contributed by atoms with Crippen molar-refractivity contribution in [2.45, 2.75) is 31.8 Å². The Bertz CT molecular complexity index is 1140. The Morgan fingerprint density at radius 3 is 2.52 bits per heavy atom. The average molecular weight is 452 g/mol. The summed E-state index contributed by atoms with van der Waals surface area (Å²) in [6, 6.07) is 9.74. The normalized spacial score (nSPS) is 14.0. The molecule has 0 radical (unpaired) electrons. The van der Waals surface area contributed by atoms with E-state index in [1.807, 2.05) is 0 Å². The Balaban J connectivity index is 1.78. The molecular weight excluding hydrogens is 435 g/mol. The van der Waals surface area contributed by atoms with Crippen LogP contribution in [-0.4, -0.2) is 27.4 Å². The fourth-order valence-electron chi connectivity index (χ4n) is 3.42. The molecule has 29 heavy (non-hydrogen) atoms. The molecule has 1 aliphatic carbocycles. The maximum Gasteiger partial charge on any atom is 0.292 e. The minimum absolute atomic E-state index is 0.0238. The molecule has 1 amide bonds. The van der Waals surface area contributed by atoms with E-state index in [9.17, 15) is 14.7 Å². The van der Waals surface area contributed by atoms with E-state index in [0.717, 1.165) is 24.8 Å². The number of carbonyl (C=O) groups is 2. The molecule has 0 spiro atoms. The molecule has 0 atom stereocenters. The lowest BCUT2D eigenvalue weighted by molar-refractivity contribution is -0.118. The topological polar surface area (TPSA) is 71.3 Å². The van der Waals surface area contributed by atoms with E-state index >= 15 is 0 Å². The molecule has 1 saturated carbocycles. The van der Waals surface area contributed by atoms with Crippen LogP contribution in [0.3, 0.4) is 0 Å². The van der Waals surface area contributed by atoms with Crippen molar-refractivity contribution >= 4 is 57.4 Å². The third-order valence-electron chi connectivity index (χ3n) is 5.20. The number of hydrogen-bond acceptors (Lipinski definition) is 3. The smallest absolute Gasteiger partial charge is 0.292 e. The van der Waals surface area contributed by atoms with Gasteiger partial charge in [0.05, 0.1) is 17.6 Å². The van der Waals surface area contributed by atoms with Crippen molar-refractivity contribution in [3.63, 3.8) is 0 Å². The summed E-state index contributed by atoms with van der Waals surface area (Å²) in [5.74, 6) is -1.44. The minimum Gasteiger partial charge on any atom is -0.508 e. The van der Waals surface area contributed by atoms with Gasteiger partial charge in [-0.15, -0.1) is 0 Å². The number of nitrogens with one attached hydrogen (secondary N) is 1. The van der Waals surface area contributed by atoms with Gasteiger partial charge in [-0.1, -0.05) is 40.9 Å². The number of phenols is 1. The second-order valence-electron chi connectivity index (χ2n) is 7.12. The van der Waals surface area contributed by atoms with Gasteiger partial charge >= 0.3 is 0 Å². The first-order chi connectivity index (χ1) is 13.8. The first-order valence-corrected chi connectivity index (χ1v) is 10.3. The van der Waals surface area contributed by atoms with Gasteiger partial charge in [-0.25, -0.2) is 0 Å². The number of rotatable bonds is 5. The lowest BCUT2D eigenvalue weighted by Crippen LogP contribution is -2.43. The largest absolute Gasteiger partial charge is 0.508 e. The molecule has 2 N–H and O–H groups in total. The molecule has 150 valence electrons. The van der Waals surface area contributed by atoms with E-state index in [1.165, 1.54) is 12.1 Å². The number of Topliss-reactive ketones (excluding diaryl/α,β-unsaturated/α-hetero) is 1. The Morgan fingerprint density at radius 1 is 1.10 bits per heavy atom. The average Bonchev–Trinajstić information content (AvgIpc) is 2.90. The summed E-state index contributed by atoms with van der Waals surface area (Å²) in [5.41, 5.74) is 1.43. The van der Waals surface area contributed by atoms with E-state index in [0.29, 0.717) is 20.9 Å². The number of carbonyl (C=O) groups excluding carboxylic acids is 2. The van der Waals surface area contributed by atoms with Gasteiger partial charge in [0, 0.05) is 21.5 Å². The molecule has 1 fully saturated rings. The summed E-state index contributed by atoms with van der Waals surface area (Å²) in [5, 5.41) is 14.2. The quantitative estimate of drug-likeness (QED) is 0.413. The molecule has 8 heteroatoms. The molecule has 1 aliphatic rings. The third-order valence-corrected chi connectivity index (χ3v) is 6.18. The third kappa shape index (κ3) is 3.82. The number of ketones is 1. The summed E-state index contributed by atoms with van der Waals surface area (Å²) in [7, 11) is 0. The number of halogens is 3. The van der Waals surface area contributed by atoms with Gasteiger partial charge in [0.2, 0.25) is 0 Å². The fraction of sp³-hybridized carbons (Fsp3) is 0.238. The number of aromatic hydroxyl groups is 1. The Morgan fingerprint density at radius 2 is 1.86 bits per heavy atom. The van der Waals surface area contributed by atoms with Crippen molar-refractivity contribution < 1.29 is 14.7 Å². The van der Waals surface area contributed by atoms with Crippen LogP contribution < -0.4 is 5.32 Å². The van der Waals surface area contributed by atoms with E-state index in [4.69, 9.17) is 34.8 Å². The number of aromatic nitrogens is 1. The van der Waals surface area contributed by atoms with Crippen LogP contribution in [0.1, 0.15) is 35.2 Å². The van der Waals surface area contributed by atoms with Crippen molar-refractivity contribution in [3.05, 3.63) is 62.7 Å². The standard InChI is InChI=1S/C21H17Cl3N2O3/c22-12-5-4-11(16(23)8-12)10-26-17-7-6-14(27)9-15(17)18(20(26)24)19(28)21(29)25-13-2-1-3-13/h4-9,13,27H,1-3,10H2,(H,25,29). The van der Waals surface area contributed by atoms with Crippen LogP contribution >= 0.6 is 34.8 Å². The highest BCUT2D eigenvalue weighted by molar-refractivity contribution is 6.49. The molecule has 0 bridgehead atoms. The van der Waals surface area contributed by atoms with E-state index in [-0.39, 0.29) is 29.1 Å². The maximum atomic E-state index is 12.9. The number of fused-ring (bicyclic) bond motifs is 1. The zero-order chi connectivity index (χ0) is 20.7. The zero-order valence-electron chi connectivity index (χ0n) is 15.2. The number of amides is 1. The predicted molar refractivity (Wildman–Crippen MR) is 114 cm³/mol. The highest BCUT2D eigenvalue weighted by Crippen LogP contribution is 2.34. The molecule has 0 unspecified atom stereocenters. The van der Waals surface area contributed by atoms with Crippen molar-refractivity contribution in [3.8, 4) is 5.75 Å². The second kappa shape index (κ2) is 7.90. The fourth-order valence-corrected chi connectivity index (χ4v) is 4.23. The van der Waals surface area contributed by atoms with Gasteiger partial charge in [-0.05, 0) is 55.2 Å². The monoisotopic (exact) mass is 450 g/mol. The summed E-state index contributed by atoms with van der Waals surface area (Å²) < 4.78 is 1.69. The highest BCUT2D eigenvalue weighted by Gasteiger charge is 2.29. The number of nitrogens with zero attached hydrogens (tertiary/aromatic N) is 1. The Hall–Kier alpha value is -2.21. The van der Waals surface area contributed by atoms with Gasteiger partial charge < -0.3 is 15.0 Å². The van der Waals surface area contributed by atoms with E-state index < -0.39 is 11.7 Å². The minimum atomic E-state index is -0.724. The molecule has 3 aromatic rings. The molecule has 4 rings (SSSR count). The summed E-state index contributed by atoms with van der Waals surface area (Å²) >= 11 is 18.8. The zero-order valence-corrected chi connectivity index (χ0v) is 17.5. The molecular formula is C21H17Cl3N2O3. The molecule has 0 saturated heterocycles. The highest BCUT2D eigenvalue weighted by atomic mass is 35.5. The molecule has 1 aromatic heterocycles. The van der Waals surface area contributed by atoms with Crippen LogP contribution in [0.2, 0.25) is 15.2 Å². The number of hydrogen-bond donors (Lipinski definition) is 2. The van der Waals surface area contributed by atoms with Crippen molar-refractivity contribution in [2.24, 2.45) is 0 Å². The summed E-state index contributed by atoms with van der Waals surface area (Å²) in [6.45, 7) is 0.271. The van der Waals surface area contributed by atoms with Crippen LogP contribution in [0, 0.1) is 0 Å². The van der Waals surface area contributed by atoms with Gasteiger partial charge in [0.15, 0.2) is 0 Å².